The van der Waals surface area contributed by atoms with E-state index in [9.17, 15) is 4.79 Å². The van der Waals surface area contributed by atoms with Gasteiger partial charge in [0.25, 0.3) is 0 Å². The lowest BCUT2D eigenvalue weighted by Crippen LogP contribution is -2.04. The fourth-order valence-electron chi connectivity index (χ4n) is 2.51. The van der Waals surface area contributed by atoms with Gasteiger partial charge in [-0.25, -0.2) is 0 Å². The first kappa shape index (κ1) is 12.0. The summed E-state index contributed by atoms with van der Waals surface area (Å²) in [5.41, 5.74) is 4.79. The monoisotopic (exact) mass is 252 g/mol. The fraction of sp³-hybridized carbons (Fsp3) is 0.235. The Kier molecular flexibility index (Phi) is 2.67. The zero-order chi connectivity index (χ0) is 13.6. The van der Waals surface area contributed by atoms with Crippen LogP contribution in [0.25, 0.3) is 21.9 Å². The first-order chi connectivity index (χ1) is 9.13. The first-order valence-electron chi connectivity index (χ1n) is 6.58. The van der Waals surface area contributed by atoms with E-state index in [0.29, 0.717) is 10.8 Å². The molecule has 0 unspecified atom stereocenters. The normalized spacial score (nSPS) is 11.3. The number of para-hydroxylation sites is 1. The lowest BCUT2D eigenvalue weighted by atomic mass is 10.0. The number of fused-ring (bicyclic) bond motifs is 2. The van der Waals surface area contributed by atoms with Crippen molar-refractivity contribution in [2.75, 3.05) is 0 Å². The Morgan fingerprint density at radius 3 is 2.47 bits per heavy atom. The van der Waals surface area contributed by atoms with Crippen molar-refractivity contribution >= 4 is 21.9 Å². The molecule has 2 aromatic carbocycles. The summed E-state index contributed by atoms with van der Waals surface area (Å²) >= 11 is 0. The molecule has 0 N–H and O–H groups in total. The standard InChI is InChI=1S/C17H16O2/c1-4-12-6-5-7-13-15(18)14-9-8-10(2)11(3)16(14)19-17(12)13/h5-9H,4H2,1-3H3. The van der Waals surface area contributed by atoms with E-state index < -0.39 is 0 Å². The molecule has 0 spiro atoms. The molecule has 1 aromatic heterocycles. The smallest absolute Gasteiger partial charge is 0.200 e. The van der Waals surface area contributed by atoms with E-state index >= 15 is 0 Å². The third kappa shape index (κ3) is 1.67. The van der Waals surface area contributed by atoms with Gasteiger partial charge in [-0.15, -0.1) is 0 Å². The summed E-state index contributed by atoms with van der Waals surface area (Å²) in [6, 6.07) is 9.62. The molecule has 0 saturated heterocycles. The minimum absolute atomic E-state index is 0.0645. The third-order valence-corrected chi connectivity index (χ3v) is 3.85. The van der Waals surface area contributed by atoms with E-state index in [1.165, 1.54) is 0 Å². The van der Waals surface area contributed by atoms with Gasteiger partial charge >= 0.3 is 0 Å². The van der Waals surface area contributed by atoms with Crippen LogP contribution in [0, 0.1) is 13.8 Å². The van der Waals surface area contributed by atoms with Gasteiger partial charge in [-0.1, -0.05) is 25.1 Å². The molecule has 3 rings (SSSR count). The highest BCUT2D eigenvalue weighted by Gasteiger charge is 2.12. The van der Waals surface area contributed by atoms with Gasteiger partial charge in [0.2, 0.25) is 5.43 Å². The summed E-state index contributed by atoms with van der Waals surface area (Å²) in [5.74, 6) is 0. The number of benzene rings is 2. The molecule has 0 aliphatic carbocycles. The summed E-state index contributed by atoms with van der Waals surface area (Å²) < 4.78 is 6.06. The van der Waals surface area contributed by atoms with Crippen LogP contribution in [-0.2, 0) is 6.42 Å². The predicted molar refractivity (Wildman–Crippen MR) is 78.8 cm³/mol. The van der Waals surface area contributed by atoms with E-state index in [2.05, 4.69) is 6.92 Å². The fourth-order valence-corrected chi connectivity index (χ4v) is 2.51. The maximum atomic E-state index is 12.6. The van der Waals surface area contributed by atoms with Crippen molar-refractivity contribution in [3.05, 3.63) is 57.2 Å². The maximum Gasteiger partial charge on any atom is 0.200 e. The lowest BCUT2D eigenvalue weighted by Gasteiger charge is -2.08. The quantitative estimate of drug-likeness (QED) is 0.610. The maximum absolute atomic E-state index is 12.6. The minimum Gasteiger partial charge on any atom is -0.455 e. The van der Waals surface area contributed by atoms with Gasteiger partial charge < -0.3 is 4.42 Å². The van der Waals surface area contributed by atoms with Gasteiger partial charge in [0.05, 0.1) is 10.8 Å². The largest absolute Gasteiger partial charge is 0.455 e. The predicted octanol–water partition coefficient (Wildman–Crippen LogP) is 4.13. The molecular weight excluding hydrogens is 236 g/mol. The Balaban J connectivity index is 2.61. The van der Waals surface area contributed by atoms with Crippen LogP contribution in [0.15, 0.2) is 39.5 Å². The van der Waals surface area contributed by atoms with Crippen LogP contribution in [0.1, 0.15) is 23.6 Å². The van der Waals surface area contributed by atoms with Crippen LogP contribution in [0.2, 0.25) is 0 Å². The van der Waals surface area contributed by atoms with Crippen LogP contribution >= 0.6 is 0 Å². The lowest BCUT2D eigenvalue weighted by molar-refractivity contribution is 0.651. The summed E-state index contributed by atoms with van der Waals surface area (Å²) in [7, 11) is 0. The van der Waals surface area contributed by atoms with E-state index in [1.807, 2.05) is 44.2 Å². The molecule has 0 aliphatic rings. The molecule has 96 valence electrons. The third-order valence-electron chi connectivity index (χ3n) is 3.85. The zero-order valence-electron chi connectivity index (χ0n) is 11.4. The number of hydrogen-bond acceptors (Lipinski definition) is 2. The Hall–Kier alpha value is -2.09. The highest BCUT2D eigenvalue weighted by atomic mass is 16.3. The molecule has 0 amide bonds. The SMILES string of the molecule is CCc1cccc2c(=O)c3ccc(C)c(C)c3oc12. The van der Waals surface area contributed by atoms with Gasteiger partial charge in [-0.3, -0.25) is 4.79 Å². The van der Waals surface area contributed by atoms with Gasteiger partial charge in [0.1, 0.15) is 11.2 Å². The van der Waals surface area contributed by atoms with Crippen molar-refractivity contribution in [3.63, 3.8) is 0 Å². The number of rotatable bonds is 1. The molecule has 2 nitrogen and oxygen atoms in total. The average molecular weight is 252 g/mol. The highest BCUT2D eigenvalue weighted by Crippen LogP contribution is 2.25. The Morgan fingerprint density at radius 1 is 1.00 bits per heavy atom. The van der Waals surface area contributed by atoms with Gasteiger partial charge in [-0.2, -0.15) is 0 Å². The highest BCUT2D eigenvalue weighted by molar-refractivity contribution is 5.92. The van der Waals surface area contributed by atoms with Gasteiger partial charge in [-0.05, 0) is 49.1 Å². The first-order valence-corrected chi connectivity index (χ1v) is 6.58. The second-order valence-electron chi connectivity index (χ2n) is 4.96. The zero-order valence-corrected chi connectivity index (χ0v) is 11.4. The Bertz CT molecular complexity index is 841. The molecule has 0 fully saturated rings. The molecule has 0 atom stereocenters. The van der Waals surface area contributed by atoms with Gasteiger partial charge in [0, 0.05) is 0 Å². The topological polar surface area (TPSA) is 30.2 Å². The molecule has 0 aliphatic heterocycles. The van der Waals surface area contributed by atoms with E-state index in [4.69, 9.17) is 4.42 Å². The molecular formula is C17H16O2. The molecule has 0 bridgehead atoms. The summed E-state index contributed by atoms with van der Waals surface area (Å²) in [6.45, 7) is 6.10. The van der Waals surface area contributed by atoms with E-state index in [1.54, 1.807) is 0 Å². The summed E-state index contributed by atoms with van der Waals surface area (Å²) in [5, 5.41) is 1.35. The van der Waals surface area contributed by atoms with Crippen molar-refractivity contribution in [2.24, 2.45) is 0 Å². The second kappa shape index (κ2) is 4.23. The second-order valence-corrected chi connectivity index (χ2v) is 4.96. The van der Waals surface area contributed by atoms with Crippen LogP contribution in [-0.4, -0.2) is 0 Å². The van der Waals surface area contributed by atoms with Crippen LogP contribution in [0.5, 0.6) is 0 Å². The average Bonchev–Trinajstić information content (AvgIpc) is 2.43. The summed E-state index contributed by atoms with van der Waals surface area (Å²) in [6.07, 6.45) is 0.858. The van der Waals surface area contributed by atoms with Crippen molar-refractivity contribution < 1.29 is 4.42 Å². The van der Waals surface area contributed by atoms with Crippen LogP contribution < -0.4 is 5.43 Å². The summed E-state index contributed by atoms with van der Waals surface area (Å²) in [4.78, 5) is 12.6. The van der Waals surface area contributed by atoms with E-state index in [0.717, 1.165) is 34.3 Å². The Morgan fingerprint density at radius 2 is 1.74 bits per heavy atom. The molecule has 19 heavy (non-hydrogen) atoms. The van der Waals surface area contributed by atoms with Crippen molar-refractivity contribution in [2.45, 2.75) is 27.2 Å². The van der Waals surface area contributed by atoms with Crippen LogP contribution in [0.4, 0.5) is 0 Å². The number of hydrogen-bond donors (Lipinski definition) is 0. The van der Waals surface area contributed by atoms with Crippen molar-refractivity contribution in [1.29, 1.82) is 0 Å². The molecule has 2 heteroatoms. The Labute approximate surface area is 111 Å². The van der Waals surface area contributed by atoms with Crippen molar-refractivity contribution in [1.82, 2.24) is 0 Å². The van der Waals surface area contributed by atoms with E-state index in [-0.39, 0.29) is 5.43 Å². The van der Waals surface area contributed by atoms with Gasteiger partial charge in [0.15, 0.2) is 0 Å². The molecule has 1 heterocycles. The molecule has 3 aromatic rings. The van der Waals surface area contributed by atoms with Crippen LogP contribution in [0.3, 0.4) is 0 Å². The van der Waals surface area contributed by atoms with Crippen molar-refractivity contribution in [3.8, 4) is 0 Å². The minimum atomic E-state index is 0.0645. The number of aryl methyl sites for hydroxylation is 3. The molecule has 0 radical (unpaired) electrons. The molecule has 0 saturated carbocycles.